The maximum Gasteiger partial charge on any atom is 0.230 e. The number of aromatic hydroxyl groups is 3. The van der Waals surface area contributed by atoms with Crippen molar-refractivity contribution in [1.82, 2.24) is 4.98 Å². The van der Waals surface area contributed by atoms with Crippen LogP contribution in [0.3, 0.4) is 0 Å². The molecule has 2 aromatic carbocycles. The minimum Gasteiger partial charge on any atom is -0.508 e. The minimum atomic E-state index is -0.0477. The highest BCUT2D eigenvalue weighted by Gasteiger charge is 2.14. The first-order valence-electron chi connectivity index (χ1n) is 5.91. The molecular weight excluding hydrogens is 258 g/mol. The third kappa shape index (κ3) is 2.05. The third-order valence-corrected chi connectivity index (χ3v) is 2.89. The number of nitrogens with zero attached hydrogens (tertiary/aromatic N) is 1. The highest BCUT2D eigenvalue weighted by Crippen LogP contribution is 2.35. The summed E-state index contributed by atoms with van der Waals surface area (Å²) >= 11 is 0. The van der Waals surface area contributed by atoms with Gasteiger partial charge < -0.3 is 19.7 Å². The van der Waals surface area contributed by atoms with Crippen LogP contribution >= 0.6 is 0 Å². The van der Waals surface area contributed by atoms with E-state index in [1.54, 1.807) is 24.3 Å². The lowest BCUT2D eigenvalue weighted by Gasteiger charge is -2.01. The molecule has 5 nitrogen and oxygen atoms in total. The summed E-state index contributed by atoms with van der Waals surface area (Å²) in [6.45, 7) is 0. The summed E-state index contributed by atoms with van der Waals surface area (Å²) in [5, 5.41) is 29.0. The number of rotatable bonds is 2. The largest absolute Gasteiger partial charge is 0.508 e. The Labute approximate surface area is 114 Å². The Kier molecular flexibility index (Phi) is 2.80. The fourth-order valence-corrected chi connectivity index (χ4v) is 1.90. The molecule has 20 heavy (non-hydrogen) atoms. The molecule has 0 fully saturated rings. The van der Waals surface area contributed by atoms with Crippen LogP contribution in [0.2, 0.25) is 0 Å². The summed E-state index contributed by atoms with van der Waals surface area (Å²) < 4.78 is 5.53. The molecule has 100 valence electrons. The Bertz CT molecular complexity index is 764. The molecular formula is C15H11NO4. The first-order chi connectivity index (χ1) is 9.65. The molecule has 3 N–H and O–H groups in total. The van der Waals surface area contributed by atoms with Gasteiger partial charge in [-0.15, -0.1) is 0 Å². The molecule has 1 aromatic heterocycles. The molecule has 0 atom stereocenters. The molecule has 5 heteroatoms. The highest BCUT2D eigenvalue weighted by molar-refractivity contribution is 5.69. The van der Waals surface area contributed by atoms with Crippen molar-refractivity contribution >= 4 is 0 Å². The summed E-state index contributed by atoms with van der Waals surface area (Å²) in [4.78, 5) is 4.06. The van der Waals surface area contributed by atoms with Gasteiger partial charge in [0.25, 0.3) is 0 Å². The molecule has 0 unspecified atom stereocenters. The van der Waals surface area contributed by atoms with Crippen molar-refractivity contribution < 1.29 is 19.7 Å². The van der Waals surface area contributed by atoms with Crippen molar-refractivity contribution in [2.75, 3.05) is 0 Å². The quantitative estimate of drug-likeness (QED) is 0.622. The van der Waals surface area contributed by atoms with Crippen LogP contribution in [0, 0.1) is 0 Å². The summed E-state index contributed by atoms with van der Waals surface area (Å²) in [5.41, 5.74) is 0.789. The maximum absolute atomic E-state index is 9.77. The number of phenols is 3. The Morgan fingerprint density at radius 2 is 1.60 bits per heavy atom. The van der Waals surface area contributed by atoms with Gasteiger partial charge in [-0.25, -0.2) is 4.98 Å². The number of benzene rings is 2. The molecule has 0 aliphatic carbocycles. The Morgan fingerprint density at radius 1 is 0.850 bits per heavy atom. The van der Waals surface area contributed by atoms with E-state index in [4.69, 9.17) is 4.42 Å². The van der Waals surface area contributed by atoms with Crippen molar-refractivity contribution in [3.8, 4) is 40.0 Å². The number of aromatic nitrogens is 1. The average molecular weight is 269 g/mol. The summed E-state index contributed by atoms with van der Waals surface area (Å²) in [7, 11) is 0. The van der Waals surface area contributed by atoms with Crippen molar-refractivity contribution in [2.24, 2.45) is 0 Å². The van der Waals surface area contributed by atoms with Gasteiger partial charge in [-0.3, -0.25) is 0 Å². The molecule has 0 saturated heterocycles. The second-order valence-corrected chi connectivity index (χ2v) is 4.25. The monoisotopic (exact) mass is 269 g/mol. The molecule has 0 spiro atoms. The number of oxazole rings is 1. The zero-order valence-corrected chi connectivity index (χ0v) is 10.3. The Morgan fingerprint density at radius 3 is 2.40 bits per heavy atom. The van der Waals surface area contributed by atoms with Gasteiger partial charge in [-0.05, 0) is 30.3 Å². The van der Waals surface area contributed by atoms with Crippen LogP contribution in [0.1, 0.15) is 0 Å². The van der Waals surface area contributed by atoms with Crippen molar-refractivity contribution in [1.29, 1.82) is 0 Å². The van der Waals surface area contributed by atoms with Gasteiger partial charge in [0.05, 0.1) is 17.3 Å². The predicted octanol–water partition coefficient (Wildman–Crippen LogP) is 3.13. The first-order valence-corrected chi connectivity index (χ1v) is 5.91. The van der Waals surface area contributed by atoms with Gasteiger partial charge in [-0.1, -0.05) is 12.1 Å². The number of phenolic OH excluding ortho intramolecular Hbond substituents is 3. The van der Waals surface area contributed by atoms with Gasteiger partial charge in [0.15, 0.2) is 5.76 Å². The van der Waals surface area contributed by atoms with Gasteiger partial charge >= 0.3 is 0 Å². The predicted molar refractivity (Wildman–Crippen MR) is 72.4 cm³/mol. The minimum absolute atomic E-state index is 0.000100. The van der Waals surface area contributed by atoms with Crippen LogP contribution in [-0.2, 0) is 0 Å². The molecule has 0 bridgehead atoms. The van der Waals surface area contributed by atoms with Crippen LogP contribution in [0.5, 0.6) is 17.2 Å². The molecule has 0 aliphatic rings. The average Bonchev–Trinajstić information content (AvgIpc) is 2.91. The standard InChI is InChI=1S/C15H11NO4/c17-9-5-6-13(19)11(7-9)15-16-8-14(20-15)10-3-1-2-4-12(10)18/h1-8,17-19H. The lowest BCUT2D eigenvalue weighted by atomic mass is 10.1. The van der Waals surface area contributed by atoms with E-state index in [1.807, 2.05) is 0 Å². The molecule has 3 aromatic rings. The zero-order chi connectivity index (χ0) is 14.1. The Balaban J connectivity index is 2.07. The van der Waals surface area contributed by atoms with Gasteiger partial charge in [0.1, 0.15) is 17.2 Å². The number of hydrogen-bond acceptors (Lipinski definition) is 5. The second-order valence-electron chi connectivity index (χ2n) is 4.25. The number of para-hydroxylation sites is 1. The molecule has 3 rings (SSSR count). The molecule has 0 aliphatic heterocycles. The summed E-state index contributed by atoms with van der Waals surface area (Å²) in [6.07, 6.45) is 1.45. The van der Waals surface area contributed by atoms with Crippen LogP contribution in [0.15, 0.2) is 53.1 Å². The van der Waals surface area contributed by atoms with E-state index in [0.29, 0.717) is 11.3 Å². The van der Waals surface area contributed by atoms with Crippen LogP contribution < -0.4 is 0 Å². The molecule has 1 heterocycles. The smallest absolute Gasteiger partial charge is 0.230 e. The van der Waals surface area contributed by atoms with Gasteiger partial charge in [-0.2, -0.15) is 0 Å². The van der Waals surface area contributed by atoms with Crippen molar-refractivity contribution in [3.63, 3.8) is 0 Å². The first kappa shape index (κ1) is 12.1. The topological polar surface area (TPSA) is 86.7 Å². The van der Waals surface area contributed by atoms with E-state index in [0.717, 1.165) is 0 Å². The maximum atomic E-state index is 9.77. The summed E-state index contributed by atoms with van der Waals surface area (Å²) in [6, 6.07) is 10.8. The molecule has 0 amide bonds. The lowest BCUT2D eigenvalue weighted by molar-refractivity contribution is 0.458. The number of hydrogen-bond donors (Lipinski definition) is 3. The normalized spacial score (nSPS) is 10.6. The van der Waals surface area contributed by atoms with Crippen molar-refractivity contribution in [2.45, 2.75) is 0 Å². The fraction of sp³-hybridized carbons (Fsp3) is 0. The van der Waals surface area contributed by atoms with Crippen molar-refractivity contribution in [3.05, 3.63) is 48.7 Å². The van der Waals surface area contributed by atoms with Crippen LogP contribution in [-0.4, -0.2) is 20.3 Å². The third-order valence-electron chi connectivity index (χ3n) is 2.89. The zero-order valence-electron chi connectivity index (χ0n) is 10.3. The lowest BCUT2D eigenvalue weighted by Crippen LogP contribution is -1.78. The van der Waals surface area contributed by atoms with E-state index in [2.05, 4.69) is 4.98 Å². The van der Waals surface area contributed by atoms with Gasteiger partial charge in [0, 0.05) is 0 Å². The fourth-order valence-electron chi connectivity index (χ4n) is 1.90. The SMILES string of the molecule is Oc1ccc(O)c(-c2ncc(-c3ccccc3O)o2)c1. The van der Waals surface area contributed by atoms with E-state index in [-0.39, 0.29) is 28.7 Å². The Hall–Kier alpha value is -2.95. The van der Waals surface area contributed by atoms with Crippen LogP contribution in [0.4, 0.5) is 0 Å². The highest BCUT2D eigenvalue weighted by atomic mass is 16.4. The van der Waals surface area contributed by atoms with E-state index in [9.17, 15) is 15.3 Å². The molecule has 0 saturated carbocycles. The van der Waals surface area contributed by atoms with Gasteiger partial charge in [0.2, 0.25) is 5.89 Å². The second kappa shape index (κ2) is 4.62. The van der Waals surface area contributed by atoms with E-state index in [1.165, 1.54) is 24.4 Å². The summed E-state index contributed by atoms with van der Waals surface area (Å²) in [5.74, 6) is 0.571. The van der Waals surface area contributed by atoms with Crippen LogP contribution in [0.25, 0.3) is 22.8 Å². The van der Waals surface area contributed by atoms with E-state index < -0.39 is 0 Å². The van der Waals surface area contributed by atoms with E-state index >= 15 is 0 Å². The molecule has 0 radical (unpaired) electrons.